The molecule has 0 saturated carbocycles. The topological polar surface area (TPSA) is 64.3 Å². The van der Waals surface area contributed by atoms with Gasteiger partial charge in [-0.1, -0.05) is 11.6 Å². The van der Waals surface area contributed by atoms with E-state index in [0.717, 1.165) is 5.56 Å². The van der Waals surface area contributed by atoms with Gasteiger partial charge >= 0.3 is 0 Å². The van der Waals surface area contributed by atoms with Crippen molar-refractivity contribution in [2.75, 3.05) is 0 Å². The molecule has 0 saturated heterocycles. The van der Waals surface area contributed by atoms with E-state index in [2.05, 4.69) is 10.1 Å². The quantitative estimate of drug-likeness (QED) is 0.581. The smallest absolute Gasteiger partial charge is 0.204 e. The lowest BCUT2D eigenvalue weighted by Gasteiger charge is -1.96. The summed E-state index contributed by atoms with van der Waals surface area (Å²) in [7, 11) is 1.19. The zero-order valence-corrected chi connectivity index (χ0v) is 9.81. The number of pyridine rings is 1. The van der Waals surface area contributed by atoms with Gasteiger partial charge in [-0.15, -0.1) is 5.10 Å². The second-order valence-electron chi connectivity index (χ2n) is 2.96. The predicted molar refractivity (Wildman–Crippen MR) is 55.8 cm³/mol. The molecule has 2 heterocycles. The van der Waals surface area contributed by atoms with Crippen LogP contribution in [0.2, 0.25) is 5.15 Å². The van der Waals surface area contributed by atoms with Crippen LogP contribution in [-0.2, 0) is 9.05 Å². The van der Waals surface area contributed by atoms with Crippen molar-refractivity contribution in [1.82, 2.24) is 14.6 Å². The highest BCUT2D eigenvalue weighted by atomic mass is 35.7. The maximum atomic E-state index is 11.0. The third-order valence-electron chi connectivity index (χ3n) is 1.74. The summed E-state index contributed by atoms with van der Waals surface area (Å²) in [5, 5.41) is 3.51. The maximum absolute atomic E-state index is 11.0. The summed E-state index contributed by atoms with van der Waals surface area (Å²) in [5.74, 6) is 0. The number of rotatable bonds is 1. The first-order valence-electron chi connectivity index (χ1n) is 3.85. The monoisotopic (exact) mass is 265 g/mol. The molecule has 0 aromatic carbocycles. The van der Waals surface area contributed by atoms with Crippen molar-refractivity contribution in [3.05, 3.63) is 22.8 Å². The van der Waals surface area contributed by atoms with E-state index in [1.165, 1.54) is 4.52 Å². The van der Waals surface area contributed by atoms with Crippen LogP contribution in [0.4, 0.5) is 0 Å². The molecule has 0 spiro atoms. The zero-order chi connectivity index (χ0) is 11.2. The van der Waals surface area contributed by atoms with E-state index in [1.54, 1.807) is 12.1 Å². The molecule has 8 heteroatoms. The van der Waals surface area contributed by atoms with Gasteiger partial charge in [0.05, 0.1) is 0 Å². The van der Waals surface area contributed by atoms with Crippen LogP contribution in [0.5, 0.6) is 0 Å². The van der Waals surface area contributed by atoms with Gasteiger partial charge in [0.1, 0.15) is 5.15 Å². The van der Waals surface area contributed by atoms with Crippen LogP contribution >= 0.6 is 22.3 Å². The maximum Gasteiger partial charge on any atom is 0.298 e. The number of hydrogen-bond acceptors (Lipinski definition) is 4. The normalized spacial score (nSPS) is 12.2. The molecule has 0 radical (unpaired) electrons. The van der Waals surface area contributed by atoms with Crippen molar-refractivity contribution in [3.63, 3.8) is 0 Å². The average Bonchev–Trinajstić information content (AvgIpc) is 2.46. The number of nitrogens with zero attached hydrogens (tertiary/aromatic N) is 3. The summed E-state index contributed by atoms with van der Waals surface area (Å²) in [6.07, 6.45) is 0. The minimum Gasteiger partial charge on any atom is -0.204 e. The first-order valence-corrected chi connectivity index (χ1v) is 6.54. The number of aryl methyl sites for hydroxylation is 1. The number of aromatic nitrogens is 3. The molecule has 2 rings (SSSR count). The molecule has 5 nitrogen and oxygen atoms in total. The van der Waals surface area contributed by atoms with Gasteiger partial charge in [-0.2, -0.15) is 4.98 Å². The Labute approximate surface area is 95.1 Å². The highest BCUT2D eigenvalue weighted by molar-refractivity contribution is 8.13. The van der Waals surface area contributed by atoms with Crippen LogP contribution in [-0.4, -0.2) is 23.0 Å². The summed E-state index contributed by atoms with van der Waals surface area (Å²) >= 11 is 5.85. The molecule has 0 aliphatic carbocycles. The minimum absolute atomic E-state index is 0.282. The summed E-state index contributed by atoms with van der Waals surface area (Å²) in [6.45, 7) is 1.81. The van der Waals surface area contributed by atoms with Crippen molar-refractivity contribution in [1.29, 1.82) is 0 Å². The van der Waals surface area contributed by atoms with E-state index in [1.807, 2.05) is 6.92 Å². The van der Waals surface area contributed by atoms with Gasteiger partial charge in [0.15, 0.2) is 5.65 Å². The van der Waals surface area contributed by atoms with Crippen LogP contribution in [0.15, 0.2) is 17.3 Å². The molecule has 80 valence electrons. The van der Waals surface area contributed by atoms with E-state index >= 15 is 0 Å². The molecule has 0 fully saturated rings. The van der Waals surface area contributed by atoms with Crippen molar-refractivity contribution in [2.45, 2.75) is 12.1 Å². The average molecular weight is 266 g/mol. The van der Waals surface area contributed by atoms with Gasteiger partial charge in [0, 0.05) is 10.7 Å². The third kappa shape index (κ3) is 1.92. The Bertz CT molecular complexity index is 635. The summed E-state index contributed by atoms with van der Waals surface area (Å²) < 4.78 is 23.2. The molecule has 2 aromatic rings. The SMILES string of the molecule is Cc1cc(Cl)n2nc(S(=O)(=O)Cl)nc2c1. The minimum atomic E-state index is -3.92. The Hall–Kier alpha value is -0.850. The van der Waals surface area contributed by atoms with Gasteiger partial charge in [-0.3, -0.25) is 0 Å². The Morgan fingerprint density at radius 1 is 1.40 bits per heavy atom. The fourth-order valence-corrected chi connectivity index (χ4v) is 2.03. The molecular formula is C7H5Cl2N3O2S. The molecule has 2 aromatic heterocycles. The summed E-state index contributed by atoms with van der Waals surface area (Å²) in [6, 6.07) is 3.30. The fourth-order valence-electron chi connectivity index (χ4n) is 1.15. The van der Waals surface area contributed by atoms with Gasteiger partial charge in [0.2, 0.25) is 0 Å². The van der Waals surface area contributed by atoms with Gasteiger partial charge in [-0.05, 0) is 24.6 Å². The van der Waals surface area contributed by atoms with E-state index in [4.69, 9.17) is 22.3 Å². The van der Waals surface area contributed by atoms with Crippen LogP contribution in [0.25, 0.3) is 5.65 Å². The molecule has 0 unspecified atom stereocenters. The Kier molecular flexibility index (Phi) is 2.37. The van der Waals surface area contributed by atoms with Gasteiger partial charge < -0.3 is 0 Å². The van der Waals surface area contributed by atoms with Crippen LogP contribution < -0.4 is 0 Å². The summed E-state index contributed by atoms with van der Waals surface area (Å²) in [5.41, 5.74) is 1.21. The number of hydrogen-bond donors (Lipinski definition) is 0. The number of halogens is 2. The highest BCUT2D eigenvalue weighted by Gasteiger charge is 2.18. The van der Waals surface area contributed by atoms with E-state index in [-0.39, 0.29) is 5.15 Å². The Morgan fingerprint density at radius 3 is 2.67 bits per heavy atom. The lowest BCUT2D eigenvalue weighted by Crippen LogP contribution is -1.94. The van der Waals surface area contributed by atoms with Crippen molar-refractivity contribution in [2.24, 2.45) is 0 Å². The predicted octanol–water partition coefficient (Wildman–Crippen LogP) is 1.62. The molecule has 15 heavy (non-hydrogen) atoms. The number of fused-ring (bicyclic) bond motifs is 1. The molecule has 0 atom stereocenters. The van der Waals surface area contributed by atoms with Gasteiger partial charge in [-0.25, -0.2) is 12.9 Å². The van der Waals surface area contributed by atoms with Crippen LogP contribution in [0.1, 0.15) is 5.56 Å². The fraction of sp³-hybridized carbons (Fsp3) is 0.143. The van der Waals surface area contributed by atoms with Crippen molar-refractivity contribution >= 4 is 37.0 Å². The molecule has 0 aliphatic heterocycles. The second-order valence-corrected chi connectivity index (χ2v) is 5.80. The highest BCUT2D eigenvalue weighted by Crippen LogP contribution is 2.17. The third-order valence-corrected chi connectivity index (χ3v) is 3.03. The molecule has 0 N–H and O–H groups in total. The Morgan fingerprint density at radius 2 is 2.07 bits per heavy atom. The van der Waals surface area contributed by atoms with Gasteiger partial charge in [0.25, 0.3) is 14.2 Å². The Balaban J connectivity index is 2.82. The van der Waals surface area contributed by atoms with E-state index in [9.17, 15) is 8.42 Å². The summed E-state index contributed by atoms with van der Waals surface area (Å²) in [4.78, 5) is 3.75. The van der Waals surface area contributed by atoms with Crippen molar-refractivity contribution in [3.8, 4) is 0 Å². The molecule has 0 bridgehead atoms. The van der Waals surface area contributed by atoms with E-state index < -0.39 is 14.2 Å². The molecule has 0 amide bonds. The first-order chi connectivity index (χ1) is 6.88. The standard InChI is InChI=1S/C7H5Cl2N3O2S/c1-4-2-5(8)12-6(3-4)10-7(11-12)15(9,13)14/h2-3H,1H3. The van der Waals surface area contributed by atoms with Crippen molar-refractivity contribution < 1.29 is 8.42 Å². The van der Waals surface area contributed by atoms with Crippen LogP contribution in [0, 0.1) is 6.92 Å². The molecular weight excluding hydrogens is 261 g/mol. The second kappa shape index (κ2) is 3.33. The van der Waals surface area contributed by atoms with E-state index in [0.29, 0.717) is 5.65 Å². The first kappa shape index (κ1) is 10.7. The molecule has 0 aliphatic rings. The largest absolute Gasteiger partial charge is 0.298 e. The lowest BCUT2D eigenvalue weighted by molar-refractivity contribution is 0.601. The zero-order valence-electron chi connectivity index (χ0n) is 7.48. The lowest BCUT2D eigenvalue weighted by atomic mass is 10.3. The van der Waals surface area contributed by atoms with Crippen LogP contribution in [0.3, 0.4) is 0 Å².